The maximum Gasteiger partial charge on any atom is 0.277 e. The first-order valence-electron chi connectivity index (χ1n) is 7.39. The van der Waals surface area contributed by atoms with E-state index in [0.717, 1.165) is 17.8 Å². The first kappa shape index (κ1) is 19.2. The lowest BCUT2D eigenvalue weighted by Crippen LogP contribution is -2.14. The topological polar surface area (TPSA) is 111 Å². The van der Waals surface area contributed by atoms with E-state index in [4.69, 9.17) is 27.6 Å². The molecule has 0 saturated heterocycles. The van der Waals surface area contributed by atoms with Gasteiger partial charge in [0.25, 0.3) is 10.9 Å². The molecule has 0 saturated carbocycles. The van der Waals surface area contributed by atoms with Crippen molar-refractivity contribution in [2.75, 3.05) is 11.1 Å². The van der Waals surface area contributed by atoms with Crippen molar-refractivity contribution in [3.63, 3.8) is 0 Å². The Kier molecular flexibility index (Phi) is 5.94. The zero-order chi connectivity index (χ0) is 19.4. The summed E-state index contributed by atoms with van der Waals surface area (Å²) in [6.45, 7) is 0. The number of hydrogen-bond donors (Lipinski definition) is 1. The summed E-state index contributed by atoms with van der Waals surface area (Å²) < 4.78 is 5.49. The molecule has 3 rings (SSSR count). The Bertz CT molecular complexity index is 1010. The molecule has 138 valence electrons. The molecule has 1 amide bonds. The van der Waals surface area contributed by atoms with Crippen molar-refractivity contribution < 1.29 is 14.1 Å². The fourth-order valence-electron chi connectivity index (χ4n) is 2.04. The standard InChI is InChI=1S/C16H10Cl2N4O4S/c17-11-4-2-1-3-10(11)15-20-21-16(26-15)27-8-14(23)19-13-6-5-9(22(24)25)7-12(13)18/h1-7H,8H2,(H,19,23). The first-order valence-corrected chi connectivity index (χ1v) is 9.13. The van der Waals surface area contributed by atoms with Crippen molar-refractivity contribution >= 4 is 52.2 Å². The number of carbonyl (C=O) groups is 1. The van der Waals surface area contributed by atoms with E-state index in [1.807, 2.05) is 0 Å². The third-order valence-corrected chi connectivity index (χ3v) is 4.74. The lowest BCUT2D eigenvalue weighted by atomic mass is 10.2. The molecule has 0 atom stereocenters. The Balaban J connectivity index is 1.60. The van der Waals surface area contributed by atoms with Gasteiger partial charge in [0.05, 0.1) is 32.0 Å². The molecule has 0 aliphatic heterocycles. The lowest BCUT2D eigenvalue weighted by molar-refractivity contribution is -0.384. The zero-order valence-electron chi connectivity index (χ0n) is 13.4. The average molecular weight is 425 g/mol. The minimum atomic E-state index is -0.570. The van der Waals surface area contributed by atoms with Crippen LogP contribution < -0.4 is 5.32 Å². The molecule has 0 bridgehead atoms. The van der Waals surface area contributed by atoms with Crippen LogP contribution in [0, 0.1) is 10.1 Å². The molecule has 0 aliphatic carbocycles. The number of halogens is 2. The van der Waals surface area contributed by atoms with Gasteiger partial charge in [-0.15, -0.1) is 10.2 Å². The van der Waals surface area contributed by atoms with Crippen molar-refractivity contribution in [2.45, 2.75) is 5.22 Å². The van der Waals surface area contributed by atoms with Crippen LogP contribution in [0.2, 0.25) is 10.0 Å². The molecule has 27 heavy (non-hydrogen) atoms. The predicted molar refractivity (Wildman–Crippen MR) is 102 cm³/mol. The second-order valence-electron chi connectivity index (χ2n) is 5.11. The highest BCUT2D eigenvalue weighted by molar-refractivity contribution is 7.99. The lowest BCUT2D eigenvalue weighted by Gasteiger charge is -2.06. The van der Waals surface area contributed by atoms with E-state index in [9.17, 15) is 14.9 Å². The highest BCUT2D eigenvalue weighted by atomic mass is 35.5. The number of nitrogens with one attached hydrogen (secondary N) is 1. The summed E-state index contributed by atoms with van der Waals surface area (Å²) in [5, 5.41) is 21.8. The molecular weight excluding hydrogens is 415 g/mol. The van der Waals surface area contributed by atoms with Gasteiger partial charge >= 0.3 is 0 Å². The molecule has 0 fully saturated rings. The van der Waals surface area contributed by atoms with Gasteiger partial charge in [-0.25, -0.2) is 0 Å². The Hall–Kier alpha value is -2.62. The maximum atomic E-state index is 12.1. The number of nitro benzene ring substituents is 1. The third kappa shape index (κ3) is 4.76. The number of nitro groups is 1. The molecular formula is C16H10Cl2N4O4S. The molecule has 1 N–H and O–H groups in total. The van der Waals surface area contributed by atoms with Crippen LogP contribution in [0.3, 0.4) is 0 Å². The third-order valence-electron chi connectivity index (χ3n) is 3.28. The van der Waals surface area contributed by atoms with Crippen LogP contribution in [0.5, 0.6) is 0 Å². The zero-order valence-corrected chi connectivity index (χ0v) is 15.7. The molecule has 0 aliphatic rings. The van der Waals surface area contributed by atoms with E-state index < -0.39 is 4.92 Å². The van der Waals surface area contributed by atoms with Crippen molar-refractivity contribution in [2.24, 2.45) is 0 Å². The number of rotatable bonds is 6. The summed E-state index contributed by atoms with van der Waals surface area (Å²) in [6, 6.07) is 10.8. The highest BCUT2D eigenvalue weighted by Gasteiger charge is 2.15. The van der Waals surface area contributed by atoms with Crippen molar-refractivity contribution in [3.8, 4) is 11.5 Å². The first-order chi connectivity index (χ1) is 12.9. The number of anilines is 1. The molecule has 0 spiro atoms. The fourth-order valence-corrected chi connectivity index (χ4v) is 3.05. The second-order valence-corrected chi connectivity index (χ2v) is 6.85. The highest BCUT2D eigenvalue weighted by Crippen LogP contribution is 2.29. The number of aromatic nitrogens is 2. The molecule has 1 heterocycles. The van der Waals surface area contributed by atoms with Crippen LogP contribution in [-0.2, 0) is 4.79 Å². The minimum Gasteiger partial charge on any atom is -0.411 e. The number of carbonyl (C=O) groups excluding carboxylic acids is 1. The van der Waals surface area contributed by atoms with E-state index in [2.05, 4.69) is 15.5 Å². The fraction of sp³-hybridized carbons (Fsp3) is 0.0625. The summed E-state index contributed by atoms with van der Waals surface area (Å²) in [7, 11) is 0. The van der Waals surface area contributed by atoms with Gasteiger partial charge in [0, 0.05) is 12.1 Å². The minimum absolute atomic E-state index is 0.0164. The Morgan fingerprint density at radius 1 is 1.19 bits per heavy atom. The van der Waals surface area contributed by atoms with Crippen molar-refractivity contribution in [3.05, 3.63) is 62.6 Å². The number of hydrogen-bond acceptors (Lipinski definition) is 7. The van der Waals surface area contributed by atoms with Gasteiger partial charge in [-0.05, 0) is 18.2 Å². The van der Waals surface area contributed by atoms with Crippen molar-refractivity contribution in [1.82, 2.24) is 10.2 Å². The van der Waals surface area contributed by atoms with Gasteiger partial charge in [-0.3, -0.25) is 14.9 Å². The van der Waals surface area contributed by atoms with Gasteiger partial charge in [-0.2, -0.15) is 0 Å². The molecule has 11 heteroatoms. The Morgan fingerprint density at radius 2 is 1.96 bits per heavy atom. The molecule has 0 unspecified atom stereocenters. The smallest absolute Gasteiger partial charge is 0.277 e. The monoisotopic (exact) mass is 424 g/mol. The number of non-ortho nitro benzene ring substituents is 1. The molecule has 1 aromatic heterocycles. The van der Waals surface area contributed by atoms with Crippen LogP contribution in [0.1, 0.15) is 0 Å². The number of benzene rings is 2. The van der Waals surface area contributed by atoms with Gasteiger partial charge in [0.1, 0.15) is 0 Å². The number of thioether (sulfide) groups is 1. The summed E-state index contributed by atoms with van der Waals surface area (Å²) >= 11 is 13.1. The van der Waals surface area contributed by atoms with E-state index in [0.29, 0.717) is 10.6 Å². The number of amides is 1. The largest absolute Gasteiger partial charge is 0.411 e. The van der Waals surface area contributed by atoms with E-state index in [1.165, 1.54) is 12.1 Å². The van der Waals surface area contributed by atoms with Crippen LogP contribution in [0.15, 0.2) is 52.1 Å². The van der Waals surface area contributed by atoms with Gasteiger partial charge in [0.2, 0.25) is 11.8 Å². The second kappa shape index (κ2) is 8.38. The summed E-state index contributed by atoms with van der Waals surface area (Å²) in [5.74, 6) is -0.146. The SMILES string of the molecule is O=C(CSc1nnc(-c2ccccc2Cl)o1)Nc1ccc([N+](=O)[O-])cc1Cl. The van der Waals surface area contributed by atoms with Gasteiger partial charge in [0.15, 0.2) is 0 Å². The Labute approximate surface area is 167 Å². The van der Waals surface area contributed by atoms with Gasteiger partial charge < -0.3 is 9.73 Å². The van der Waals surface area contributed by atoms with Crippen molar-refractivity contribution in [1.29, 1.82) is 0 Å². The number of nitrogens with zero attached hydrogens (tertiary/aromatic N) is 3. The average Bonchev–Trinajstić information content (AvgIpc) is 3.10. The Morgan fingerprint density at radius 3 is 2.67 bits per heavy atom. The van der Waals surface area contributed by atoms with E-state index in [-0.39, 0.29) is 39.2 Å². The molecule has 3 aromatic rings. The molecule has 2 aromatic carbocycles. The summed E-state index contributed by atoms with van der Waals surface area (Å²) in [4.78, 5) is 22.2. The van der Waals surface area contributed by atoms with Crippen LogP contribution in [0.25, 0.3) is 11.5 Å². The quantitative estimate of drug-likeness (QED) is 0.347. The van der Waals surface area contributed by atoms with Crippen LogP contribution in [0.4, 0.5) is 11.4 Å². The molecule has 8 nitrogen and oxygen atoms in total. The van der Waals surface area contributed by atoms with Crippen LogP contribution >= 0.6 is 35.0 Å². The van der Waals surface area contributed by atoms with Crippen LogP contribution in [-0.4, -0.2) is 26.8 Å². The summed E-state index contributed by atoms with van der Waals surface area (Å²) in [6.07, 6.45) is 0. The summed E-state index contributed by atoms with van der Waals surface area (Å²) in [5.41, 5.74) is 0.709. The van der Waals surface area contributed by atoms with E-state index >= 15 is 0 Å². The van der Waals surface area contributed by atoms with E-state index in [1.54, 1.807) is 24.3 Å². The maximum absolute atomic E-state index is 12.1. The van der Waals surface area contributed by atoms with Gasteiger partial charge in [-0.1, -0.05) is 47.1 Å². The predicted octanol–water partition coefficient (Wildman–Crippen LogP) is 4.68. The normalized spacial score (nSPS) is 10.6. The molecule has 0 radical (unpaired) electrons.